The molecular weight excluding hydrogens is 150 g/mol. The Labute approximate surface area is 72.3 Å². The van der Waals surface area contributed by atoms with E-state index in [0.717, 1.165) is 18.4 Å². The highest BCUT2D eigenvalue weighted by atomic mass is 16.3. The second kappa shape index (κ2) is 2.87. The van der Waals surface area contributed by atoms with Crippen LogP contribution in [-0.4, -0.2) is 10.1 Å². The molecule has 0 spiro atoms. The van der Waals surface area contributed by atoms with Crippen molar-refractivity contribution in [1.29, 1.82) is 0 Å². The molecule has 2 nitrogen and oxygen atoms in total. The fourth-order valence-corrected chi connectivity index (χ4v) is 1.90. The van der Waals surface area contributed by atoms with Crippen LogP contribution in [0.15, 0.2) is 18.5 Å². The molecule has 1 N–H and O–H groups in total. The number of hydrogen-bond acceptors (Lipinski definition) is 2. The third kappa shape index (κ3) is 1.23. The molecular formula is C10H13NO. The summed E-state index contributed by atoms with van der Waals surface area (Å²) in [6, 6.07) is 1.92. The molecule has 2 unspecified atom stereocenters. The molecule has 64 valence electrons. The van der Waals surface area contributed by atoms with Crippen LogP contribution in [0.1, 0.15) is 30.6 Å². The van der Waals surface area contributed by atoms with E-state index in [0.29, 0.717) is 5.92 Å². The second-order valence-electron chi connectivity index (χ2n) is 3.64. The average molecular weight is 163 g/mol. The molecule has 1 aromatic heterocycles. The zero-order valence-electron chi connectivity index (χ0n) is 7.20. The number of fused-ring (bicyclic) bond motifs is 1. The third-order valence-electron chi connectivity index (χ3n) is 2.49. The van der Waals surface area contributed by atoms with Crippen molar-refractivity contribution in [2.24, 2.45) is 5.92 Å². The molecule has 2 atom stereocenters. The van der Waals surface area contributed by atoms with Crippen LogP contribution < -0.4 is 0 Å². The maximum Gasteiger partial charge on any atom is 0.0796 e. The second-order valence-corrected chi connectivity index (χ2v) is 3.64. The maximum absolute atomic E-state index is 9.70. The molecule has 1 aliphatic carbocycles. The molecule has 12 heavy (non-hydrogen) atoms. The lowest BCUT2D eigenvalue weighted by Gasteiger charge is -2.25. The standard InChI is InChI=1S/C10H13NO/c1-7-4-8-6-11-3-2-9(8)10(12)5-7/h2-3,6-7,10,12H,4-5H2,1H3. The molecule has 0 saturated heterocycles. The van der Waals surface area contributed by atoms with Crippen LogP contribution in [0.4, 0.5) is 0 Å². The van der Waals surface area contributed by atoms with Gasteiger partial charge in [-0.05, 0) is 36.0 Å². The molecule has 0 aromatic carbocycles. The van der Waals surface area contributed by atoms with Gasteiger partial charge in [-0.3, -0.25) is 4.98 Å². The van der Waals surface area contributed by atoms with Crippen LogP contribution in [0.3, 0.4) is 0 Å². The summed E-state index contributed by atoms with van der Waals surface area (Å²) < 4.78 is 0. The van der Waals surface area contributed by atoms with Crippen LogP contribution in [0, 0.1) is 5.92 Å². The lowest BCUT2D eigenvalue weighted by molar-refractivity contribution is 0.136. The van der Waals surface area contributed by atoms with Crippen molar-refractivity contribution in [3.05, 3.63) is 29.6 Å². The van der Waals surface area contributed by atoms with E-state index < -0.39 is 0 Å². The normalized spacial score (nSPS) is 28.2. The number of aliphatic hydroxyl groups excluding tert-OH is 1. The van der Waals surface area contributed by atoms with Crippen molar-refractivity contribution in [2.45, 2.75) is 25.9 Å². The molecule has 1 aliphatic rings. The highest BCUT2D eigenvalue weighted by molar-refractivity contribution is 5.28. The minimum Gasteiger partial charge on any atom is -0.388 e. The fourth-order valence-electron chi connectivity index (χ4n) is 1.90. The van der Waals surface area contributed by atoms with Crippen molar-refractivity contribution in [2.75, 3.05) is 0 Å². The van der Waals surface area contributed by atoms with Gasteiger partial charge in [0.15, 0.2) is 0 Å². The summed E-state index contributed by atoms with van der Waals surface area (Å²) in [5, 5.41) is 9.70. The Balaban J connectivity index is 2.40. The van der Waals surface area contributed by atoms with Crippen molar-refractivity contribution in [3.8, 4) is 0 Å². The summed E-state index contributed by atoms with van der Waals surface area (Å²) in [5.41, 5.74) is 2.28. The van der Waals surface area contributed by atoms with Crippen molar-refractivity contribution < 1.29 is 5.11 Å². The van der Waals surface area contributed by atoms with Crippen LogP contribution >= 0.6 is 0 Å². The molecule has 1 heterocycles. The quantitative estimate of drug-likeness (QED) is 0.631. The van der Waals surface area contributed by atoms with Gasteiger partial charge in [0, 0.05) is 12.4 Å². The first-order valence-corrected chi connectivity index (χ1v) is 4.38. The van der Waals surface area contributed by atoms with Gasteiger partial charge in [-0.25, -0.2) is 0 Å². The summed E-state index contributed by atoms with van der Waals surface area (Å²) in [6.07, 6.45) is 5.29. The van der Waals surface area contributed by atoms with Crippen molar-refractivity contribution >= 4 is 0 Å². The first kappa shape index (κ1) is 7.74. The van der Waals surface area contributed by atoms with E-state index in [2.05, 4.69) is 11.9 Å². The lowest BCUT2D eigenvalue weighted by Crippen LogP contribution is -2.16. The Bertz CT molecular complexity index is 285. The Hall–Kier alpha value is -0.890. The molecule has 1 aromatic rings. The van der Waals surface area contributed by atoms with E-state index in [-0.39, 0.29) is 6.10 Å². The Morgan fingerprint density at radius 1 is 1.58 bits per heavy atom. The third-order valence-corrected chi connectivity index (χ3v) is 2.49. The Morgan fingerprint density at radius 3 is 3.25 bits per heavy atom. The van der Waals surface area contributed by atoms with E-state index >= 15 is 0 Å². The largest absolute Gasteiger partial charge is 0.388 e. The molecule has 0 aliphatic heterocycles. The minimum absolute atomic E-state index is 0.272. The van der Waals surface area contributed by atoms with Gasteiger partial charge in [-0.2, -0.15) is 0 Å². The Kier molecular flexibility index (Phi) is 1.85. The van der Waals surface area contributed by atoms with Gasteiger partial charge in [0.1, 0.15) is 0 Å². The van der Waals surface area contributed by atoms with Gasteiger partial charge in [-0.1, -0.05) is 6.92 Å². The van der Waals surface area contributed by atoms with Crippen LogP contribution in [-0.2, 0) is 6.42 Å². The number of aliphatic hydroxyl groups is 1. The highest BCUT2D eigenvalue weighted by Gasteiger charge is 2.22. The zero-order chi connectivity index (χ0) is 8.55. The topological polar surface area (TPSA) is 33.1 Å². The number of rotatable bonds is 0. The molecule has 0 radical (unpaired) electrons. The predicted molar refractivity (Wildman–Crippen MR) is 46.7 cm³/mol. The smallest absolute Gasteiger partial charge is 0.0796 e. The Morgan fingerprint density at radius 2 is 2.42 bits per heavy atom. The minimum atomic E-state index is -0.272. The molecule has 0 fully saturated rings. The van der Waals surface area contributed by atoms with Crippen LogP contribution in [0.5, 0.6) is 0 Å². The molecule has 2 heteroatoms. The van der Waals surface area contributed by atoms with Gasteiger partial charge in [0.25, 0.3) is 0 Å². The van der Waals surface area contributed by atoms with E-state index in [1.165, 1.54) is 5.56 Å². The summed E-state index contributed by atoms with van der Waals surface area (Å²) in [7, 11) is 0. The summed E-state index contributed by atoms with van der Waals surface area (Å²) >= 11 is 0. The number of aromatic nitrogens is 1. The van der Waals surface area contributed by atoms with Crippen LogP contribution in [0.2, 0.25) is 0 Å². The van der Waals surface area contributed by atoms with Crippen molar-refractivity contribution in [1.82, 2.24) is 4.98 Å². The van der Waals surface area contributed by atoms with E-state index in [1.54, 1.807) is 6.20 Å². The number of hydrogen-bond donors (Lipinski definition) is 1. The number of nitrogens with zero attached hydrogens (tertiary/aromatic N) is 1. The highest BCUT2D eigenvalue weighted by Crippen LogP contribution is 2.31. The monoisotopic (exact) mass is 163 g/mol. The van der Waals surface area contributed by atoms with Gasteiger partial charge in [0.05, 0.1) is 6.10 Å². The lowest BCUT2D eigenvalue weighted by atomic mass is 9.84. The summed E-state index contributed by atoms with van der Waals surface area (Å²) in [5.74, 6) is 0.580. The van der Waals surface area contributed by atoms with E-state index in [1.807, 2.05) is 12.3 Å². The SMILES string of the molecule is CC1Cc2cnccc2C(O)C1. The first-order valence-electron chi connectivity index (χ1n) is 4.38. The first-order chi connectivity index (χ1) is 5.77. The average Bonchev–Trinajstić information content (AvgIpc) is 2.04. The molecule has 0 bridgehead atoms. The van der Waals surface area contributed by atoms with Gasteiger partial charge >= 0.3 is 0 Å². The molecule has 0 saturated carbocycles. The van der Waals surface area contributed by atoms with Crippen LogP contribution in [0.25, 0.3) is 0 Å². The predicted octanol–water partition coefficient (Wildman–Crippen LogP) is 1.70. The number of pyridine rings is 1. The molecule has 0 amide bonds. The summed E-state index contributed by atoms with van der Waals surface area (Å²) in [4.78, 5) is 4.06. The van der Waals surface area contributed by atoms with Gasteiger partial charge in [-0.15, -0.1) is 0 Å². The zero-order valence-corrected chi connectivity index (χ0v) is 7.20. The fraction of sp³-hybridized carbons (Fsp3) is 0.500. The van der Waals surface area contributed by atoms with Gasteiger partial charge < -0.3 is 5.11 Å². The van der Waals surface area contributed by atoms with Gasteiger partial charge in [0.2, 0.25) is 0 Å². The van der Waals surface area contributed by atoms with E-state index in [9.17, 15) is 5.11 Å². The van der Waals surface area contributed by atoms with E-state index in [4.69, 9.17) is 0 Å². The summed E-state index contributed by atoms with van der Waals surface area (Å²) in [6.45, 7) is 2.17. The maximum atomic E-state index is 9.70. The molecule has 2 rings (SSSR count). The van der Waals surface area contributed by atoms with Crippen molar-refractivity contribution in [3.63, 3.8) is 0 Å².